The summed E-state index contributed by atoms with van der Waals surface area (Å²) in [5.41, 5.74) is 0. The van der Waals surface area contributed by atoms with Gasteiger partial charge >= 0.3 is 5.97 Å². The normalized spacial score (nSPS) is 9.75. The molecule has 0 aromatic rings. The van der Waals surface area contributed by atoms with Crippen LogP contribution in [0.3, 0.4) is 0 Å². The molecule has 2 heteroatoms. The molecule has 0 aliphatic heterocycles. The summed E-state index contributed by atoms with van der Waals surface area (Å²) in [6.07, 6.45) is 3.55. The van der Waals surface area contributed by atoms with Gasteiger partial charge in [0.15, 0.2) is 0 Å². The van der Waals surface area contributed by atoms with Crippen LogP contribution >= 0.6 is 0 Å². The van der Waals surface area contributed by atoms with Gasteiger partial charge in [0, 0.05) is 0 Å². The Morgan fingerprint density at radius 1 is 1.88 bits per heavy atom. The molecule has 0 bridgehead atoms. The average Bonchev–Trinajstić information content (AvgIpc) is 1.66. The smallest absolute Gasteiger partial charge is 0.306 e. The van der Waals surface area contributed by atoms with Gasteiger partial charge in [-0.15, -0.1) is 0 Å². The Labute approximate surface area is 49.1 Å². The molecule has 0 aliphatic rings. The van der Waals surface area contributed by atoms with E-state index in [0.717, 1.165) is 0 Å². The van der Waals surface area contributed by atoms with Gasteiger partial charge in [-0.25, -0.2) is 0 Å². The predicted molar refractivity (Wildman–Crippen MR) is 31.1 cm³/mol. The van der Waals surface area contributed by atoms with Crippen molar-refractivity contribution in [3.05, 3.63) is 19.1 Å². The van der Waals surface area contributed by atoms with E-state index in [9.17, 15) is 4.79 Å². The fraction of sp³-hybridized carbons (Fsp3) is 0.333. The van der Waals surface area contributed by atoms with Gasteiger partial charge in [-0.1, -0.05) is 12.2 Å². The van der Waals surface area contributed by atoms with Gasteiger partial charge in [0.05, 0.1) is 6.92 Å². The van der Waals surface area contributed by atoms with Gasteiger partial charge in [0.1, 0.15) is 6.61 Å². The number of esters is 1. The third-order valence-corrected chi connectivity index (χ3v) is 0.576. The van der Waals surface area contributed by atoms with E-state index in [1.54, 1.807) is 6.08 Å². The van der Waals surface area contributed by atoms with E-state index < -0.39 is 5.97 Å². The second-order valence-corrected chi connectivity index (χ2v) is 1.25. The van der Waals surface area contributed by atoms with E-state index in [-0.39, 0.29) is 0 Å². The molecule has 0 aliphatic carbocycles. The molecule has 0 atom stereocenters. The monoisotopic (exact) mass is 113 g/mol. The lowest BCUT2D eigenvalue weighted by Gasteiger charge is -1.91. The van der Waals surface area contributed by atoms with Crippen molar-refractivity contribution in [2.24, 2.45) is 0 Å². The van der Waals surface area contributed by atoms with Crippen molar-refractivity contribution < 1.29 is 9.53 Å². The van der Waals surface area contributed by atoms with E-state index in [0.29, 0.717) is 6.61 Å². The molecule has 0 spiro atoms. The number of rotatable bonds is 2. The molecular weight excluding hydrogens is 104 g/mol. The van der Waals surface area contributed by atoms with Crippen LogP contribution in [0.5, 0.6) is 0 Å². The van der Waals surface area contributed by atoms with Crippen molar-refractivity contribution in [1.29, 1.82) is 0 Å². The van der Waals surface area contributed by atoms with Crippen molar-refractivity contribution in [3.63, 3.8) is 0 Å². The Kier molecular flexibility index (Phi) is 3.94. The maximum Gasteiger partial charge on any atom is 0.306 e. The lowest BCUT2D eigenvalue weighted by Crippen LogP contribution is -1.97. The van der Waals surface area contributed by atoms with E-state index in [1.807, 2.05) is 13.0 Å². The second-order valence-electron chi connectivity index (χ2n) is 1.25. The van der Waals surface area contributed by atoms with Crippen LogP contribution in [-0.2, 0) is 9.53 Å². The number of carbonyl (C=O) groups is 1. The minimum absolute atomic E-state index is 0.332. The first-order valence-electron chi connectivity index (χ1n) is 2.37. The van der Waals surface area contributed by atoms with Gasteiger partial charge in [-0.05, 0) is 6.92 Å². The molecule has 45 valence electrons. The lowest BCUT2D eigenvalue weighted by molar-refractivity contribution is -0.136. The highest BCUT2D eigenvalue weighted by Crippen LogP contribution is 1.76. The molecule has 0 N–H and O–H groups in total. The molecule has 2 nitrogen and oxygen atoms in total. The van der Waals surface area contributed by atoms with Crippen molar-refractivity contribution in [2.45, 2.75) is 6.92 Å². The summed E-state index contributed by atoms with van der Waals surface area (Å²) >= 11 is 0. The third-order valence-electron chi connectivity index (χ3n) is 0.576. The van der Waals surface area contributed by atoms with Gasteiger partial charge < -0.3 is 4.74 Å². The topological polar surface area (TPSA) is 26.3 Å². The van der Waals surface area contributed by atoms with Crippen LogP contribution in [0.15, 0.2) is 12.2 Å². The number of ether oxygens (including phenoxy) is 1. The summed E-state index contributed by atoms with van der Waals surface area (Å²) in [4.78, 5) is 9.95. The standard InChI is InChI=1S/C6H9O2/c1-3-4-5-8-6(2)7/h3-4H,2,5H2,1H3/b4-3+. The zero-order valence-corrected chi connectivity index (χ0v) is 4.89. The minimum atomic E-state index is -0.483. The summed E-state index contributed by atoms with van der Waals surface area (Å²) in [5, 5.41) is 0. The van der Waals surface area contributed by atoms with Gasteiger partial charge in [-0.2, -0.15) is 0 Å². The van der Waals surface area contributed by atoms with Crippen molar-refractivity contribution in [3.8, 4) is 0 Å². The van der Waals surface area contributed by atoms with E-state index >= 15 is 0 Å². The van der Waals surface area contributed by atoms with Crippen LogP contribution in [0.4, 0.5) is 0 Å². The van der Waals surface area contributed by atoms with Crippen LogP contribution < -0.4 is 0 Å². The van der Waals surface area contributed by atoms with Crippen LogP contribution in [0.2, 0.25) is 0 Å². The zero-order valence-electron chi connectivity index (χ0n) is 4.89. The molecule has 0 aromatic heterocycles. The number of hydrogen-bond acceptors (Lipinski definition) is 2. The molecule has 0 heterocycles. The summed E-state index contributed by atoms with van der Waals surface area (Å²) in [5.74, 6) is -0.483. The SMILES string of the molecule is [CH2]C(=O)OC/C=C/C. The molecule has 0 aromatic carbocycles. The molecular formula is C6H9O2. The molecule has 1 radical (unpaired) electrons. The maximum atomic E-state index is 9.95. The largest absolute Gasteiger partial charge is 0.461 e. The fourth-order valence-corrected chi connectivity index (χ4v) is 0.237. The molecule has 0 saturated carbocycles. The summed E-state index contributed by atoms with van der Waals surface area (Å²) in [6.45, 7) is 5.21. The van der Waals surface area contributed by atoms with Crippen molar-refractivity contribution in [2.75, 3.05) is 6.61 Å². The molecule has 0 rings (SSSR count). The highest BCUT2D eigenvalue weighted by Gasteiger charge is 1.84. The Morgan fingerprint density at radius 2 is 2.50 bits per heavy atom. The van der Waals surface area contributed by atoms with E-state index in [1.165, 1.54) is 0 Å². The Bertz CT molecular complexity index is 94.7. The lowest BCUT2D eigenvalue weighted by atomic mass is 10.5. The van der Waals surface area contributed by atoms with Crippen LogP contribution in [-0.4, -0.2) is 12.6 Å². The average molecular weight is 113 g/mol. The molecule has 0 amide bonds. The van der Waals surface area contributed by atoms with Crippen molar-refractivity contribution in [1.82, 2.24) is 0 Å². The third kappa shape index (κ3) is 5.21. The zero-order chi connectivity index (χ0) is 6.41. The first kappa shape index (κ1) is 7.21. The summed E-state index contributed by atoms with van der Waals surface area (Å²) in [6, 6.07) is 0. The fourth-order valence-electron chi connectivity index (χ4n) is 0.237. The Hall–Kier alpha value is -0.790. The molecule has 8 heavy (non-hydrogen) atoms. The Morgan fingerprint density at radius 3 is 2.88 bits per heavy atom. The van der Waals surface area contributed by atoms with Crippen LogP contribution in [0.25, 0.3) is 0 Å². The predicted octanol–water partition coefficient (Wildman–Crippen LogP) is 0.940. The summed E-state index contributed by atoms with van der Waals surface area (Å²) < 4.78 is 4.45. The molecule has 0 saturated heterocycles. The van der Waals surface area contributed by atoms with Gasteiger partial charge in [-0.3, -0.25) is 4.79 Å². The van der Waals surface area contributed by atoms with E-state index in [4.69, 9.17) is 0 Å². The minimum Gasteiger partial charge on any atom is -0.461 e. The van der Waals surface area contributed by atoms with Crippen LogP contribution in [0, 0.1) is 6.92 Å². The van der Waals surface area contributed by atoms with E-state index in [2.05, 4.69) is 11.7 Å². The highest BCUT2D eigenvalue weighted by atomic mass is 16.5. The number of hydrogen-bond donors (Lipinski definition) is 0. The van der Waals surface area contributed by atoms with Gasteiger partial charge in [0.25, 0.3) is 0 Å². The summed E-state index contributed by atoms with van der Waals surface area (Å²) in [7, 11) is 0. The highest BCUT2D eigenvalue weighted by molar-refractivity contribution is 5.73. The first-order valence-corrected chi connectivity index (χ1v) is 2.37. The number of allylic oxidation sites excluding steroid dienone is 1. The molecule has 0 fully saturated rings. The van der Waals surface area contributed by atoms with Crippen LogP contribution in [0.1, 0.15) is 6.92 Å². The van der Waals surface area contributed by atoms with Gasteiger partial charge in [0.2, 0.25) is 0 Å². The second kappa shape index (κ2) is 4.37. The quantitative estimate of drug-likeness (QED) is 0.393. The number of carbonyl (C=O) groups excluding carboxylic acids is 1. The van der Waals surface area contributed by atoms with Crippen molar-refractivity contribution >= 4 is 5.97 Å². The first-order chi connectivity index (χ1) is 3.77. The maximum absolute atomic E-state index is 9.95. The molecule has 0 unspecified atom stereocenters. The Balaban J connectivity index is 3.05.